The average molecular weight is 268 g/mol. The molecule has 0 aromatic carbocycles. The van der Waals surface area contributed by atoms with Crippen LogP contribution < -0.4 is 5.32 Å². The molecule has 2 amide bonds. The molecule has 1 saturated heterocycles. The van der Waals surface area contributed by atoms with Crippen LogP contribution >= 0.6 is 0 Å². The van der Waals surface area contributed by atoms with Gasteiger partial charge in [-0.1, -0.05) is 6.92 Å². The van der Waals surface area contributed by atoms with Gasteiger partial charge in [0.2, 0.25) is 11.8 Å². The van der Waals surface area contributed by atoms with Crippen molar-refractivity contribution in [3.05, 3.63) is 0 Å². The molecule has 2 unspecified atom stereocenters. The van der Waals surface area contributed by atoms with E-state index in [1.165, 1.54) is 0 Å². The normalized spacial score (nSPS) is 35.5. The maximum Gasteiger partial charge on any atom is 0.249 e. The molecule has 108 valence electrons. The van der Waals surface area contributed by atoms with Gasteiger partial charge in [-0.2, -0.15) is 0 Å². The molecular formula is C14H24N2O3. The SMILES string of the molecule is CCC1(C)C(=O)NC(C)(C2CC2)C(=O)N1CCOC. The fourth-order valence-corrected chi connectivity index (χ4v) is 2.87. The van der Waals surface area contributed by atoms with Crippen LogP contribution in [0.5, 0.6) is 0 Å². The first-order valence-corrected chi connectivity index (χ1v) is 7.03. The number of carbonyl (C=O) groups excluding carboxylic acids is 2. The van der Waals surface area contributed by atoms with Gasteiger partial charge in [0.1, 0.15) is 11.1 Å². The molecule has 2 rings (SSSR count). The molecule has 2 fully saturated rings. The van der Waals surface area contributed by atoms with E-state index in [2.05, 4.69) is 5.32 Å². The molecule has 2 aliphatic rings. The van der Waals surface area contributed by atoms with E-state index in [1.54, 1.807) is 12.0 Å². The van der Waals surface area contributed by atoms with Gasteiger partial charge in [-0.15, -0.1) is 0 Å². The standard InChI is InChI=1S/C14H24N2O3/c1-5-13(2)11(17)15-14(3,10-6-7-10)12(18)16(13)8-9-19-4/h10H,5-9H2,1-4H3,(H,15,17). The summed E-state index contributed by atoms with van der Waals surface area (Å²) in [6.45, 7) is 6.56. The number of nitrogens with zero attached hydrogens (tertiary/aromatic N) is 1. The smallest absolute Gasteiger partial charge is 0.249 e. The van der Waals surface area contributed by atoms with Crippen molar-refractivity contribution in [2.75, 3.05) is 20.3 Å². The van der Waals surface area contributed by atoms with E-state index in [0.717, 1.165) is 12.8 Å². The molecule has 19 heavy (non-hydrogen) atoms. The number of carbonyl (C=O) groups is 2. The number of piperazine rings is 1. The third-order valence-electron chi connectivity index (χ3n) is 4.75. The minimum Gasteiger partial charge on any atom is -0.383 e. The molecule has 0 spiro atoms. The fraction of sp³-hybridized carbons (Fsp3) is 0.857. The molecule has 1 N–H and O–H groups in total. The van der Waals surface area contributed by atoms with Gasteiger partial charge >= 0.3 is 0 Å². The van der Waals surface area contributed by atoms with Crippen LogP contribution in [0, 0.1) is 5.92 Å². The van der Waals surface area contributed by atoms with E-state index in [1.807, 2.05) is 20.8 Å². The number of rotatable bonds is 5. The Bertz CT molecular complexity index is 394. The number of hydrogen-bond donors (Lipinski definition) is 1. The van der Waals surface area contributed by atoms with Crippen LogP contribution in [-0.4, -0.2) is 48.1 Å². The Morgan fingerprint density at radius 1 is 1.37 bits per heavy atom. The molecule has 0 radical (unpaired) electrons. The summed E-state index contributed by atoms with van der Waals surface area (Å²) in [5, 5.41) is 2.98. The minimum absolute atomic E-state index is 0.0380. The highest BCUT2D eigenvalue weighted by Gasteiger charge is 2.58. The molecular weight excluding hydrogens is 244 g/mol. The average Bonchev–Trinajstić information content (AvgIpc) is 3.21. The van der Waals surface area contributed by atoms with Crippen molar-refractivity contribution in [1.29, 1.82) is 0 Å². The molecule has 1 aliphatic heterocycles. The zero-order chi connectivity index (χ0) is 14.3. The summed E-state index contributed by atoms with van der Waals surface area (Å²) >= 11 is 0. The number of methoxy groups -OCH3 is 1. The minimum atomic E-state index is -0.760. The molecule has 1 saturated carbocycles. The Morgan fingerprint density at radius 3 is 2.47 bits per heavy atom. The number of hydrogen-bond acceptors (Lipinski definition) is 3. The van der Waals surface area contributed by atoms with Gasteiger partial charge in [0.25, 0.3) is 0 Å². The topological polar surface area (TPSA) is 58.6 Å². The maximum atomic E-state index is 12.8. The first-order chi connectivity index (χ1) is 8.90. The molecule has 1 aliphatic carbocycles. The van der Waals surface area contributed by atoms with Crippen molar-refractivity contribution >= 4 is 11.8 Å². The van der Waals surface area contributed by atoms with Crippen LogP contribution in [0.25, 0.3) is 0 Å². The second kappa shape index (κ2) is 4.78. The molecule has 0 bridgehead atoms. The molecule has 0 aromatic heterocycles. The van der Waals surface area contributed by atoms with Crippen molar-refractivity contribution in [2.45, 2.75) is 51.1 Å². The van der Waals surface area contributed by atoms with Gasteiger partial charge in [0, 0.05) is 13.7 Å². The van der Waals surface area contributed by atoms with Crippen LogP contribution in [0.4, 0.5) is 0 Å². The highest BCUT2D eigenvalue weighted by atomic mass is 16.5. The molecule has 5 heteroatoms. The first-order valence-electron chi connectivity index (χ1n) is 7.03. The Morgan fingerprint density at radius 2 is 2.00 bits per heavy atom. The van der Waals surface area contributed by atoms with Crippen LogP contribution in [0.15, 0.2) is 0 Å². The monoisotopic (exact) mass is 268 g/mol. The lowest BCUT2D eigenvalue weighted by Crippen LogP contribution is -2.75. The van der Waals surface area contributed by atoms with Crippen molar-refractivity contribution in [3.8, 4) is 0 Å². The number of amides is 2. The van der Waals surface area contributed by atoms with E-state index < -0.39 is 11.1 Å². The maximum absolute atomic E-state index is 12.8. The lowest BCUT2D eigenvalue weighted by molar-refractivity contribution is -0.163. The number of ether oxygens (including phenoxy) is 1. The Labute approximate surface area is 114 Å². The van der Waals surface area contributed by atoms with Crippen LogP contribution in [0.2, 0.25) is 0 Å². The summed E-state index contributed by atoms with van der Waals surface area (Å²) in [4.78, 5) is 27.0. The van der Waals surface area contributed by atoms with E-state index in [-0.39, 0.29) is 17.7 Å². The summed E-state index contributed by atoms with van der Waals surface area (Å²) in [6, 6.07) is 0. The lowest BCUT2D eigenvalue weighted by atomic mass is 9.83. The summed E-state index contributed by atoms with van der Waals surface area (Å²) in [5.41, 5.74) is -1.48. The van der Waals surface area contributed by atoms with Crippen LogP contribution in [-0.2, 0) is 14.3 Å². The lowest BCUT2D eigenvalue weighted by Gasteiger charge is -2.50. The van der Waals surface area contributed by atoms with Crippen LogP contribution in [0.3, 0.4) is 0 Å². The zero-order valence-corrected chi connectivity index (χ0v) is 12.3. The Balaban J connectivity index is 2.30. The summed E-state index contributed by atoms with van der Waals surface area (Å²) < 4.78 is 5.08. The molecule has 5 nitrogen and oxygen atoms in total. The van der Waals surface area contributed by atoms with E-state index in [4.69, 9.17) is 4.74 Å². The Hall–Kier alpha value is -1.10. The second-order valence-corrected chi connectivity index (χ2v) is 6.01. The van der Waals surface area contributed by atoms with Gasteiger partial charge < -0.3 is 15.0 Å². The van der Waals surface area contributed by atoms with E-state index in [0.29, 0.717) is 19.6 Å². The third kappa shape index (κ3) is 2.14. The summed E-state index contributed by atoms with van der Waals surface area (Å²) in [7, 11) is 1.61. The van der Waals surface area contributed by atoms with E-state index in [9.17, 15) is 9.59 Å². The second-order valence-electron chi connectivity index (χ2n) is 6.01. The van der Waals surface area contributed by atoms with Gasteiger partial charge in [0.05, 0.1) is 6.61 Å². The van der Waals surface area contributed by atoms with Gasteiger partial charge in [-0.25, -0.2) is 0 Å². The Kier molecular flexibility index (Phi) is 3.60. The third-order valence-corrected chi connectivity index (χ3v) is 4.75. The van der Waals surface area contributed by atoms with Gasteiger partial charge in [0.15, 0.2) is 0 Å². The van der Waals surface area contributed by atoms with Crippen molar-refractivity contribution in [1.82, 2.24) is 10.2 Å². The van der Waals surface area contributed by atoms with Gasteiger partial charge in [-0.05, 0) is 39.0 Å². The molecule has 1 heterocycles. The van der Waals surface area contributed by atoms with Gasteiger partial charge in [-0.3, -0.25) is 9.59 Å². The van der Waals surface area contributed by atoms with Crippen molar-refractivity contribution in [2.24, 2.45) is 5.92 Å². The predicted octanol–water partition coefficient (Wildman–Crippen LogP) is 0.929. The van der Waals surface area contributed by atoms with Crippen molar-refractivity contribution in [3.63, 3.8) is 0 Å². The first kappa shape index (κ1) is 14.3. The number of nitrogens with one attached hydrogen (secondary N) is 1. The summed E-state index contributed by atoms with van der Waals surface area (Å²) in [6.07, 6.45) is 2.64. The quantitative estimate of drug-likeness (QED) is 0.807. The van der Waals surface area contributed by atoms with Crippen LogP contribution in [0.1, 0.15) is 40.0 Å². The summed E-state index contributed by atoms with van der Waals surface area (Å²) in [5.74, 6) is 0.284. The molecule has 0 aromatic rings. The largest absolute Gasteiger partial charge is 0.383 e. The highest BCUT2D eigenvalue weighted by molar-refractivity contribution is 6.02. The zero-order valence-electron chi connectivity index (χ0n) is 12.3. The highest BCUT2D eigenvalue weighted by Crippen LogP contribution is 2.43. The predicted molar refractivity (Wildman–Crippen MR) is 71.6 cm³/mol. The molecule has 2 atom stereocenters. The van der Waals surface area contributed by atoms with E-state index >= 15 is 0 Å². The fourth-order valence-electron chi connectivity index (χ4n) is 2.87. The van der Waals surface area contributed by atoms with Crippen molar-refractivity contribution < 1.29 is 14.3 Å².